The maximum atomic E-state index is 11.6. The zero-order valence-electron chi connectivity index (χ0n) is 15.1. The Hall–Kier alpha value is -2.05. The Morgan fingerprint density at radius 1 is 1.38 bits per heavy atom. The largest absolute Gasteiger partial charge is 0.444 e. The van der Waals surface area contributed by atoms with Gasteiger partial charge in [0.25, 0.3) is 0 Å². The van der Waals surface area contributed by atoms with Crippen LogP contribution in [0.25, 0.3) is 0 Å². The lowest BCUT2D eigenvalue weighted by atomic mass is 10.0. The molecule has 1 aromatic heterocycles. The second-order valence-electron chi connectivity index (χ2n) is 7.31. The summed E-state index contributed by atoms with van der Waals surface area (Å²) in [5.74, 6) is 2.42. The summed E-state index contributed by atoms with van der Waals surface area (Å²) >= 11 is 0. The van der Waals surface area contributed by atoms with E-state index in [9.17, 15) is 4.79 Å². The third-order valence-corrected chi connectivity index (χ3v) is 3.73. The van der Waals surface area contributed by atoms with Crippen molar-refractivity contribution in [2.24, 2.45) is 5.92 Å². The molecule has 0 aromatic carbocycles. The molecule has 1 aliphatic rings. The number of rotatable bonds is 5. The third kappa shape index (κ3) is 6.22. The van der Waals surface area contributed by atoms with Crippen molar-refractivity contribution in [2.45, 2.75) is 46.1 Å². The average molecular weight is 335 g/mol. The highest BCUT2D eigenvalue weighted by molar-refractivity contribution is 5.67. The first-order valence-electron chi connectivity index (χ1n) is 8.61. The van der Waals surface area contributed by atoms with Crippen molar-refractivity contribution in [2.75, 3.05) is 36.4 Å². The summed E-state index contributed by atoms with van der Waals surface area (Å²) in [6.07, 6.45) is 3.66. The van der Waals surface area contributed by atoms with Gasteiger partial charge in [0.15, 0.2) is 0 Å². The normalized spacial score (nSPS) is 18.2. The minimum atomic E-state index is -0.482. The van der Waals surface area contributed by atoms with Crippen LogP contribution in [0.1, 0.15) is 40.5 Å². The molecule has 7 nitrogen and oxygen atoms in total. The molecule has 2 N–H and O–H groups in total. The number of ether oxygens (including phenoxy) is 1. The fourth-order valence-corrected chi connectivity index (χ4v) is 2.68. The van der Waals surface area contributed by atoms with Gasteiger partial charge in [0.05, 0.1) is 0 Å². The Balaban J connectivity index is 1.77. The first kappa shape index (κ1) is 18.3. The molecule has 1 amide bonds. The summed E-state index contributed by atoms with van der Waals surface area (Å²) in [5.41, 5.74) is -0.482. The molecule has 1 unspecified atom stereocenters. The number of amides is 1. The number of alkyl carbamates (subject to hydrolysis) is 1. The monoisotopic (exact) mass is 335 g/mol. The van der Waals surface area contributed by atoms with E-state index in [0.29, 0.717) is 19.0 Å². The van der Waals surface area contributed by atoms with E-state index in [4.69, 9.17) is 4.74 Å². The highest BCUT2D eigenvalue weighted by atomic mass is 16.6. The maximum Gasteiger partial charge on any atom is 0.407 e. The summed E-state index contributed by atoms with van der Waals surface area (Å²) in [6, 6.07) is 1.96. The Labute approximate surface area is 144 Å². The summed E-state index contributed by atoms with van der Waals surface area (Å²) in [6.45, 7) is 10.9. The average Bonchev–Trinajstić information content (AvgIpc) is 2.50. The van der Waals surface area contributed by atoms with Crippen LogP contribution in [-0.4, -0.2) is 47.8 Å². The van der Waals surface area contributed by atoms with Crippen molar-refractivity contribution in [1.29, 1.82) is 0 Å². The van der Waals surface area contributed by atoms with E-state index < -0.39 is 11.7 Å². The van der Waals surface area contributed by atoms with Crippen molar-refractivity contribution in [3.05, 3.63) is 12.4 Å². The number of carbonyl (C=O) groups is 1. The van der Waals surface area contributed by atoms with Gasteiger partial charge in [0.1, 0.15) is 23.6 Å². The number of aromatic nitrogens is 2. The Morgan fingerprint density at radius 3 is 2.88 bits per heavy atom. The third-order valence-electron chi connectivity index (χ3n) is 3.73. The summed E-state index contributed by atoms with van der Waals surface area (Å²) in [7, 11) is 0. The molecule has 134 valence electrons. The van der Waals surface area contributed by atoms with Crippen LogP contribution in [0.4, 0.5) is 16.4 Å². The molecule has 1 aromatic rings. The second-order valence-corrected chi connectivity index (χ2v) is 7.31. The van der Waals surface area contributed by atoms with Crippen LogP contribution in [0.2, 0.25) is 0 Å². The fraction of sp³-hybridized carbons (Fsp3) is 0.706. The Bertz CT molecular complexity index is 544. The number of hydrogen-bond acceptors (Lipinski definition) is 6. The molecule has 7 heteroatoms. The van der Waals surface area contributed by atoms with Gasteiger partial charge in [-0.1, -0.05) is 6.92 Å². The molecule has 1 atom stereocenters. The summed E-state index contributed by atoms with van der Waals surface area (Å²) < 4.78 is 5.19. The number of nitrogens with one attached hydrogen (secondary N) is 2. The van der Waals surface area contributed by atoms with Crippen LogP contribution in [0.3, 0.4) is 0 Å². The van der Waals surface area contributed by atoms with Gasteiger partial charge in [-0.15, -0.1) is 0 Å². The minimum Gasteiger partial charge on any atom is -0.444 e. The van der Waals surface area contributed by atoms with Gasteiger partial charge in [-0.3, -0.25) is 0 Å². The fourth-order valence-electron chi connectivity index (χ4n) is 2.68. The van der Waals surface area contributed by atoms with Crippen molar-refractivity contribution in [3.8, 4) is 0 Å². The number of carbonyl (C=O) groups excluding carboxylic acids is 1. The van der Waals surface area contributed by atoms with E-state index in [0.717, 1.165) is 24.7 Å². The number of anilines is 2. The number of hydrogen-bond donors (Lipinski definition) is 2. The van der Waals surface area contributed by atoms with Crippen molar-refractivity contribution < 1.29 is 9.53 Å². The quantitative estimate of drug-likeness (QED) is 0.805. The molecule has 0 aliphatic carbocycles. The SMILES string of the molecule is CC1CCCN(c2cc(NCCNC(=O)OC(C)(C)C)ncn2)C1. The van der Waals surface area contributed by atoms with Gasteiger partial charge in [0, 0.05) is 32.2 Å². The van der Waals surface area contributed by atoms with Gasteiger partial charge in [-0.2, -0.15) is 0 Å². The van der Waals surface area contributed by atoms with E-state index in [1.807, 2.05) is 26.8 Å². The first-order valence-corrected chi connectivity index (χ1v) is 8.61. The van der Waals surface area contributed by atoms with Crippen LogP contribution in [0.15, 0.2) is 12.4 Å². The predicted octanol–water partition coefficient (Wildman–Crippen LogP) is 2.65. The standard InChI is InChI=1S/C17H29N5O2/c1-13-6-5-9-22(11-13)15-10-14(20-12-21-15)18-7-8-19-16(23)24-17(2,3)4/h10,12-13H,5-9,11H2,1-4H3,(H,19,23)(H,18,20,21). The Kier molecular flexibility index (Phi) is 6.23. The van der Waals surface area contributed by atoms with E-state index >= 15 is 0 Å². The maximum absolute atomic E-state index is 11.6. The van der Waals surface area contributed by atoms with Gasteiger partial charge < -0.3 is 20.3 Å². The van der Waals surface area contributed by atoms with Crippen molar-refractivity contribution in [3.63, 3.8) is 0 Å². The van der Waals surface area contributed by atoms with E-state index in [1.165, 1.54) is 12.8 Å². The van der Waals surface area contributed by atoms with Crippen LogP contribution in [0.5, 0.6) is 0 Å². The lowest BCUT2D eigenvalue weighted by molar-refractivity contribution is 0.0530. The zero-order chi connectivity index (χ0) is 17.6. The molecule has 2 rings (SSSR count). The predicted molar refractivity (Wildman–Crippen MR) is 95.4 cm³/mol. The molecule has 0 radical (unpaired) electrons. The first-order chi connectivity index (χ1) is 11.3. The highest BCUT2D eigenvalue weighted by Gasteiger charge is 2.18. The van der Waals surface area contributed by atoms with E-state index in [-0.39, 0.29) is 0 Å². The second kappa shape index (κ2) is 8.17. The molecule has 0 spiro atoms. The van der Waals surface area contributed by atoms with Crippen LogP contribution in [0, 0.1) is 5.92 Å². The highest BCUT2D eigenvalue weighted by Crippen LogP contribution is 2.22. The Morgan fingerprint density at radius 2 is 2.17 bits per heavy atom. The summed E-state index contributed by atoms with van der Waals surface area (Å²) in [4.78, 5) is 22.5. The molecule has 1 aliphatic heterocycles. The number of piperidine rings is 1. The van der Waals surface area contributed by atoms with Gasteiger partial charge in [0.2, 0.25) is 0 Å². The molecule has 2 heterocycles. The molecule has 24 heavy (non-hydrogen) atoms. The molecule has 0 saturated carbocycles. The topological polar surface area (TPSA) is 79.4 Å². The van der Waals surface area contributed by atoms with Crippen LogP contribution < -0.4 is 15.5 Å². The van der Waals surface area contributed by atoms with Gasteiger partial charge >= 0.3 is 6.09 Å². The molecular weight excluding hydrogens is 306 g/mol. The molecule has 1 fully saturated rings. The van der Waals surface area contributed by atoms with Crippen LogP contribution >= 0.6 is 0 Å². The van der Waals surface area contributed by atoms with Crippen molar-refractivity contribution in [1.82, 2.24) is 15.3 Å². The zero-order valence-corrected chi connectivity index (χ0v) is 15.1. The molecular formula is C17H29N5O2. The number of nitrogens with zero attached hydrogens (tertiary/aromatic N) is 3. The molecule has 0 bridgehead atoms. The minimum absolute atomic E-state index is 0.407. The summed E-state index contributed by atoms with van der Waals surface area (Å²) in [5, 5.41) is 5.92. The molecule has 1 saturated heterocycles. The van der Waals surface area contributed by atoms with Crippen LogP contribution in [-0.2, 0) is 4.74 Å². The smallest absolute Gasteiger partial charge is 0.407 e. The lowest BCUT2D eigenvalue weighted by Crippen LogP contribution is -2.35. The van der Waals surface area contributed by atoms with Gasteiger partial charge in [-0.25, -0.2) is 14.8 Å². The van der Waals surface area contributed by atoms with Gasteiger partial charge in [-0.05, 0) is 39.5 Å². The van der Waals surface area contributed by atoms with Crippen molar-refractivity contribution >= 4 is 17.7 Å². The van der Waals surface area contributed by atoms with E-state index in [1.54, 1.807) is 6.33 Å². The lowest BCUT2D eigenvalue weighted by Gasteiger charge is -2.31. The van der Waals surface area contributed by atoms with E-state index in [2.05, 4.69) is 32.4 Å².